The standard InChI is InChI=1S/C30H33BINO6/c1-4-18(13-19-14-23(32)28(34)25(15-19)38-3)10-11-24-26-17(2)12-21-27(22(26)16-31(37)39-24)30(36)33(29(21)35)20-8-6-5-7-9-20/h5-9,13-15,21-22,24,27,34,37H,4,10-12,16H2,1-3H3/b18-13+/t21-,22+,24-,27-/m1/s1. The molecular formula is C30H33BINO6. The number of benzene rings is 2. The maximum Gasteiger partial charge on any atom is 0.455 e. The molecule has 2 fully saturated rings. The highest BCUT2D eigenvalue weighted by Crippen LogP contribution is 2.51. The smallest absolute Gasteiger partial charge is 0.455 e. The number of para-hydroxylation sites is 1. The van der Waals surface area contributed by atoms with E-state index in [2.05, 4.69) is 35.6 Å². The number of nitrogens with zero attached hydrogens (tertiary/aromatic N) is 1. The first kappa shape index (κ1) is 27.9. The summed E-state index contributed by atoms with van der Waals surface area (Å²) >= 11 is 2.09. The first-order valence-corrected chi connectivity index (χ1v) is 14.5. The molecule has 1 aliphatic carbocycles. The quantitative estimate of drug-likeness (QED) is 0.177. The lowest BCUT2D eigenvalue weighted by Crippen LogP contribution is -2.46. The topological polar surface area (TPSA) is 96.3 Å². The van der Waals surface area contributed by atoms with Crippen LogP contribution >= 0.6 is 22.6 Å². The van der Waals surface area contributed by atoms with E-state index in [1.165, 1.54) is 17.6 Å². The Bertz CT molecular complexity index is 1340. The van der Waals surface area contributed by atoms with E-state index in [0.29, 0.717) is 34.2 Å². The van der Waals surface area contributed by atoms with Gasteiger partial charge in [0.25, 0.3) is 0 Å². The number of phenolic OH excluding ortho intramolecular Hbond substituents is 1. The van der Waals surface area contributed by atoms with Crippen LogP contribution in [0.15, 0.2) is 59.2 Å². The van der Waals surface area contributed by atoms with Crippen molar-refractivity contribution in [3.05, 3.63) is 68.3 Å². The molecule has 2 amide bonds. The third kappa shape index (κ3) is 5.28. The number of carbonyl (C=O) groups excluding carboxylic acids is 2. The highest BCUT2D eigenvalue weighted by molar-refractivity contribution is 14.1. The van der Waals surface area contributed by atoms with Gasteiger partial charge in [0.1, 0.15) is 0 Å². The average Bonchev–Trinajstić information content (AvgIpc) is 3.17. The minimum Gasteiger partial charge on any atom is -0.504 e. The van der Waals surface area contributed by atoms with Crippen molar-refractivity contribution >= 4 is 53.3 Å². The van der Waals surface area contributed by atoms with Gasteiger partial charge in [-0.1, -0.05) is 42.3 Å². The molecule has 0 aromatic heterocycles. The number of rotatable bonds is 7. The van der Waals surface area contributed by atoms with Gasteiger partial charge in [0, 0.05) is 0 Å². The van der Waals surface area contributed by atoms with Crippen molar-refractivity contribution < 1.29 is 29.1 Å². The molecule has 7 nitrogen and oxygen atoms in total. The van der Waals surface area contributed by atoms with Crippen LogP contribution in [0.1, 0.15) is 45.1 Å². The van der Waals surface area contributed by atoms with Crippen LogP contribution in [-0.2, 0) is 14.2 Å². The molecule has 5 rings (SSSR count). The van der Waals surface area contributed by atoms with Crippen molar-refractivity contribution in [3.8, 4) is 11.5 Å². The van der Waals surface area contributed by atoms with Crippen LogP contribution in [0, 0.1) is 21.3 Å². The summed E-state index contributed by atoms with van der Waals surface area (Å²) in [6.45, 7) is 4.14. The second-order valence-corrected chi connectivity index (χ2v) is 11.8. The molecule has 3 aliphatic rings. The molecule has 2 saturated heterocycles. The molecule has 0 saturated carbocycles. The number of amides is 2. The SMILES string of the molecule is CC/C(=C\c1cc(I)c(O)c(OC)c1)CC[C@H]1OB(O)C[C@H]2C1=C(C)C[C@H]1C(=O)N(c3ccccc3)C(=O)[C@H]12. The first-order valence-electron chi connectivity index (χ1n) is 13.4. The zero-order valence-electron chi connectivity index (χ0n) is 22.4. The fourth-order valence-corrected chi connectivity index (χ4v) is 7.11. The third-order valence-electron chi connectivity index (χ3n) is 8.29. The number of halogens is 1. The van der Waals surface area contributed by atoms with Crippen LogP contribution in [-0.4, -0.2) is 42.3 Å². The lowest BCUT2D eigenvalue weighted by Gasteiger charge is -2.42. The largest absolute Gasteiger partial charge is 0.504 e. The fraction of sp³-hybridized carbons (Fsp3) is 0.400. The van der Waals surface area contributed by atoms with E-state index in [0.717, 1.165) is 29.6 Å². The summed E-state index contributed by atoms with van der Waals surface area (Å²) in [7, 11) is 0.551. The van der Waals surface area contributed by atoms with Gasteiger partial charge in [-0.25, -0.2) is 0 Å². The Morgan fingerprint density at radius 1 is 1.21 bits per heavy atom. The number of hydrogen-bond acceptors (Lipinski definition) is 6. The van der Waals surface area contributed by atoms with Crippen molar-refractivity contribution in [3.63, 3.8) is 0 Å². The van der Waals surface area contributed by atoms with E-state index in [9.17, 15) is 19.7 Å². The molecule has 0 bridgehead atoms. The molecule has 2 aliphatic heterocycles. The Hall–Kier alpha value is -2.63. The number of aromatic hydroxyl groups is 1. The predicted octanol–water partition coefficient (Wildman–Crippen LogP) is 5.60. The number of ether oxygens (including phenoxy) is 1. The average molecular weight is 641 g/mol. The van der Waals surface area contributed by atoms with Gasteiger partial charge in [0.2, 0.25) is 11.8 Å². The van der Waals surface area contributed by atoms with Gasteiger partial charge < -0.3 is 19.5 Å². The van der Waals surface area contributed by atoms with E-state index in [1.807, 2.05) is 37.3 Å². The Balaban J connectivity index is 1.39. The van der Waals surface area contributed by atoms with Gasteiger partial charge in [0.05, 0.1) is 34.3 Å². The molecule has 2 heterocycles. The Morgan fingerprint density at radius 2 is 1.95 bits per heavy atom. The number of phenols is 1. The van der Waals surface area contributed by atoms with E-state index in [-0.39, 0.29) is 29.6 Å². The van der Waals surface area contributed by atoms with E-state index in [4.69, 9.17) is 9.39 Å². The summed E-state index contributed by atoms with van der Waals surface area (Å²) in [6.07, 6.45) is 4.87. The number of hydrogen-bond donors (Lipinski definition) is 2. The van der Waals surface area contributed by atoms with Gasteiger partial charge in [-0.15, -0.1) is 0 Å². The number of fused-ring (bicyclic) bond motifs is 3. The summed E-state index contributed by atoms with van der Waals surface area (Å²) in [4.78, 5) is 28.4. The Kier molecular flexibility index (Phi) is 8.21. The molecule has 0 spiro atoms. The molecule has 2 N–H and O–H groups in total. The number of imide groups is 1. The van der Waals surface area contributed by atoms with Crippen LogP contribution in [0.5, 0.6) is 11.5 Å². The molecular weight excluding hydrogens is 608 g/mol. The zero-order chi connectivity index (χ0) is 27.8. The van der Waals surface area contributed by atoms with Crippen molar-refractivity contribution in [2.24, 2.45) is 17.8 Å². The van der Waals surface area contributed by atoms with Crippen LogP contribution in [0.3, 0.4) is 0 Å². The van der Waals surface area contributed by atoms with E-state index >= 15 is 0 Å². The second-order valence-electron chi connectivity index (χ2n) is 10.6. The summed E-state index contributed by atoms with van der Waals surface area (Å²) in [6, 6.07) is 12.8. The van der Waals surface area contributed by atoms with Crippen molar-refractivity contribution in [1.29, 1.82) is 0 Å². The Morgan fingerprint density at radius 3 is 2.64 bits per heavy atom. The lowest BCUT2D eigenvalue weighted by atomic mass is 9.59. The number of methoxy groups -OCH3 is 1. The van der Waals surface area contributed by atoms with Crippen LogP contribution in [0.25, 0.3) is 6.08 Å². The van der Waals surface area contributed by atoms with Crippen LogP contribution < -0.4 is 9.64 Å². The number of carbonyl (C=O) groups is 2. The minimum absolute atomic E-state index is 0.132. The molecule has 0 radical (unpaired) electrons. The van der Waals surface area contributed by atoms with Crippen LogP contribution in [0.2, 0.25) is 6.32 Å². The van der Waals surface area contributed by atoms with Gasteiger partial charge >= 0.3 is 7.12 Å². The minimum atomic E-state index is -0.985. The summed E-state index contributed by atoms with van der Waals surface area (Å²) in [5, 5.41) is 20.9. The summed E-state index contributed by atoms with van der Waals surface area (Å²) < 4.78 is 12.1. The highest BCUT2D eigenvalue weighted by Gasteiger charge is 2.57. The van der Waals surface area contributed by atoms with Crippen LogP contribution in [0.4, 0.5) is 5.69 Å². The molecule has 0 unspecified atom stereocenters. The van der Waals surface area contributed by atoms with Gasteiger partial charge in [-0.2, -0.15) is 0 Å². The molecule has 9 heteroatoms. The van der Waals surface area contributed by atoms with Gasteiger partial charge in [-0.3, -0.25) is 14.5 Å². The first-order chi connectivity index (χ1) is 18.7. The molecule has 2 aromatic carbocycles. The molecule has 204 valence electrons. The molecule has 39 heavy (non-hydrogen) atoms. The van der Waals surface area contributed by atoms with Crippen molar-refractivity contribution in [1.82, 2.24) is 0 Å². The summed E-state index contributed by atoms with van der Waals surface area (Å²) in [5.74, 6) is -0.873. The normalized spacial score (nSPS) is 25.2. The maximum absolute atomic E-state index is 13.7. The van der Waals surface area contributed by atoms with E-state index < -0.39 is 19.0 Å². The fourth-order valence-electron chi connectivity index (χ4n) is 6.49. The Labute approximate surface area is 243 Å². The highest BCUT2D eigenvalue weighted by atomic mass is 127. The number of anilines is 1. The lowest BCUT2D eigenvalue weighted by molar-refractivity contribution is -0.122. The predicted molar refractivity (Wildman–Crippen MR) is 159 cm³/mol. The van der Waals surface area contributed by atoms with Gasteiger partial charge in [-0.05, 0) is 103 Å². The molecule has 2 aromatic rings. The molecule has 4 atom stereocenters. The number of allylic oxidation sites excluding steroid dienone is 2. The monoisotopic (exact) mass is 641 g/mol. The van der Waals surface area contributed by atoms with Crippen molar-refractivity contribution in [2.45, 2.75) is 52.0 Å². The zero-order valence-corrected chi connectivity index (χ0v) is 24.6. The summed E-state index contributed by atoms with van der Waals surface area (Å²) in [5.41, 5.74) is 4.92. The third-order valence-corrected chi connectivity index (χ3v) is 9.11. The van der Waals surface area contributed by atoms with Crippen molar-refractivity contribution in [2.75, 3.05) is 12.0 Å². The maximum atomic E-state index is 13.7. The van der Waals surface area contributed by atoms with Gasteiger partial charge in [0.15, 0.2) is 11.5 Å². The van der Waals surface area contributed by atoms with E-state index in [1.54, 1.807) is 12.1 Å². The second kappa shape index (κ2) is 11.5.